The van der Waals surface area contributed by atoms with Crippen molar-refractivity contribution in [3.63, 3.8) is 0 Å². The maximum Gasteiger partial charge on any atom is 0.193 e. The Morgan fingerprint density at radius 2 is 1.94 bits per heavy atom. The summed E-state index contributed by atoms with van der Waals surface area (Å²) >= 11 is 0. The van der Waals surface area contributed by atoms with E-state index in [0.29, 0.717) is 6.04 Å². The van der Waals surface area contributed by atoms with Gasteiger partial charge in [-0.1, -0.05) is 44.2 Å². The van der Waals surface area contributed by atoms with Crippen LogP contribution in [0.5, 0.6) is 0 Å². The Labute approximate surface area is 189 Å². The summed E-state index contributed by atoms with van der Waals surface area (Å²) in [6.45, 7) is 14.9. The molecule has 2 atom stereocenters. The molecule has 0 radical (unpaired) electrons. The van der Waals surface area contributed by atoms with Gasteiger partial charge in [0.1, 0.15) is 0 Å². The van der Waals surface area contributed by atoms with Crippen LogP contribution in [-0.2, 0) is 4.74 Å². The van der Waals surface area contributed by atoms with Crippen LogP contribution in [0.2, 0.25) is 0 Å². The first-order chi connectivity index (χ1) is 15.1. The summed E-state index contributed by atoms with van der Waals surface area (Å²) < 4.78 is 5.70. The molecule has 6 nitrogen and oxygen atoms in total. The van der Waals surface area contributed by atoms with E-state index in [1.54, 1.807) is 0 Å². The van der Waals surface area contributed by atoms with Crippen LogP contribution in [0.15, 0.2) is 35.3 Å². The molecule has 0 aromatic heterocycles. The highest BCUT2D eigenvalue weighted by molar-refractivity contribution is 5.80. The fraction of sp³-hybridized carbons (Fsp3) is 0.720. The predicted octanol–water partition coefficient (Wildman–Crippen LogP) is 3.13. The first-order valence-electron chi connectivity index (χ1n) is 12.2. The minimum Gasteiger partial charge on any atom is -0.381 e. The monoisotopic (exact) mass is 429 g/mol. The Morgan fingerprint density at radius 3 is 2.58 bits per heavy atom. The van der Waals surface area contributed by atoms with E-state index in [1.807, 2.05) is 7.05 Å². The topological polar surface area (TPSA) is 52.1 Å². The molecule has 2 saturated heterocycles. The van der Waals surface area contributed by atoms with E-state index in [9.17, 15) is 0 Å². The van der Waals surface area contributed by atoms with Crippen molar-refractivity contribution in [1.82, 2.24) is 20.4 Å². The van der Waals surface area contributed by atoms with Gasteiger partial charge in [0.25, 0.3) is 0 Å². The fourth-order valence-electron chi connectivity index (χ4n) is 5.02. The number of hydrogen-bond donors (Lipinski definition) is 2. The Bertz CT molecular complexity index is 670. The molecule has 2 unspecified atom stereocenters. The molecule has 174 valence electrons. The summed E-state index contributed by atoms with van der Waals surface area (Å²) in [4.78, 5) is 9.62. The molecule has 0 aliphatic carbocycles. The van der Waals surface area contributed by atoms with Gasteiger partial charge in [0, 0.05) is 58.0 Å². The second-order valence-electron chi connectivity index (χ2n) is 9.16. The zero-order valence-corrected chi connectivity index (χ0v) is 20.1. The van der Waals surface area contributed by atoms with Gasteiger partial charge in [-0.05, 0) is 50.8 Å². The molecule has 2 fully saturated rings. The van der Waals surface area contributed by atoms with Crippen molar-refractivity contribution in [2.45, 2.75) is 51.6 Å². The summed E-state index contributed by atoms with van der Waals surface area (Å²) in [5, 5.41) is 7.67. The number of benzene rings is 1. The normalized spacial score (nSPS) is 22.7. The van der Waals surface area contributed by atoms with Crippen LogP contribution in [0.25, 0.3) is 0 Å². The number of likely N-dealkylation sites (tertiary alicyclic amines) is 1. The van der Waals surface area contributed by atoms with Gasteiger partial charge in [-0.25, -0.2) is 0 Å². The molecule has 2 aliphatic rings. The average molecular weight is 430 g/mol. The maximum absolute atomic E-state index is 5.70. The fourth-order valence-corrected chi connectivity index (χ4v) is 5.02. The van der Waals surface area contributed by atoms with Crippen LogP contribution < -0.4 is 10.6 Å². The highest BCUT2D eigenvalue weighted by Gasteiger charge is 2.35. The van der Waals surface area contributed by atoms with Gasteiger partial charge in [0.2, 0.25) is 0 Å². The molecule has 2 N–H and O–H groups in total. The molecule has 0 amide bonds. The Kier molecular flexibility index (Phi) is 9.17. The SMILES string of the molecule is CCN(CC)CC1CCN(C(=NC)NCC2(NC(C)c3ccccc3)CCOCC2)C1. The van der Waals surface area contributed by atoms with Crippen molar-refractivity contribution in [1.29, 1.82) is 0 Å². The number of guanidine groups is 1. The number of nitrogens with one attached hydrogen (secondary N) is 2. The first-order valence-corrected chi connectivity index (χ1v) is 12.2. The standard InChI is InChI=1S/C25H43N5O/c1-5-29(6-2)18-22-12-15-30(19-22)24(26-4)27-20-25(13-16-31-17-14-25)28-21(3)23-10-8-7-9-11-23/h7-11,21-22,28H,5-6,12-20H2,1-4H3,(H,26,27). The quantitative estimate of drug-likeness (QED) is 0.467. The van der Waals surface area contributed by atoms with Gasteiger partial charge < -0.3 is 25.2 Å². The lowest BCUT2D eigenvalue weighted by atomic mass is 9.88. The molecule has 1 aromatic carbocycles. The molecule has 0 bridgehead atoms. The molecule has 0 spiro atoms. The van der Waals surface area contributed by atoms with Gasteiger partial charge in [0.15, 0.2) is 5.96 Å². The lowest BCUT2D eigenvalue weighted by Crippen LogP contribution is -2.58. The van der Waals surface area contributed by atoms with Gasteiger partial charge in [-0.2, -0.15) is 0 Å². The number of rotatable bonds is 9. The van der Waals surface area contributed by atoms with Crippen LogP contribution in [0.4, 0.5) is 0 Å². The lowest BCUT2D eigenvalue weighted by molar-refractivity contribution is 0.0353. The van der Waals surface area contributed by atoms with Crippen molar-refractivity contribution < 1.29 is 4.74 Å². The minimum absolute atomic E-state index is 0.0177. The van der Waals surface area contributed by atoms with E-state index >= 15 is 0 Å². The van der Waals surface area contributed by atoms with E-state index in [-0.39, 0.29) is 5.54 Å². The van der Waals surface area contributed by atoms with Crippen LogP contribution in [0, 0.1) is 5.92 Å². The van der Waals surface area contributed by atoms with Crippen molar-refractivity contribution in [2.24, 2.45) is 10.9 Å². The van der Waals surface area contributed by atoms with E-state index in [2.05, 4.69) is 76.5 Å². The minimum atomic E-state index is 0.0177. The number of aliphatic imine (C=N–C) groups is 1. The molecule has 2 aliphatic heterocycles. The zero-order valence-electron chi connectivity index (χ0n) is 20.1. The first kappa shape index (κ1) is 24.0. The molecule has 6 heteroatoms. The molecule has 0 saturated carbocycles. The number of nitrogens with zero attached hydrogens (tertiary/aromatic N) is 3. The van der Waals surface area contributed by atoms with Gasteiger partial charge in [0.05, 0.1) is 0 Å². The summed E-state index contributed by atoms with van der Waals surface area (Å²) in [7, 11) is 1.91. The number of ether oxygens (including phenoxy) is 1. The van der Waals surface area contributed by atoms with Crippen molar-refractivity contribution in [2.75, 3.05) is 59.5 Å². The van der Waals surface area contributed by atoms with E-state index in [0.717, 1.165) is 70.7 Å². The van der Waals surface area contributed by atoms with Crippen LogP contribution >= 0.6 is 0 Å². The Morgan fingerprint density at radius 1 is 1.23 bits per heavy atom. The summed E-state index contributed by atoms with van der Waals surface area (Å²) in [5.74, 6) is 1.77. The Hall–Kier alpha value is -1.63. The van der Waals surface area contributed by atoms with Gasteiger partial charge >= 0.3 is 0 Å². The summed E-state index contributed by atoms with van der Waals surface area (Å²) in [6.07, 6.45) is 3.27. The smallest absolute Gasteiger partial charge is 0.193 e. The largest absolute Gasteiger partial charge is 0.381 e. The van der Waals surface area contributed by atoms with Crippen molar-refractivity contribution in [3.8, 4) is 0 Å². The second-order valence-corrected chi connectivity index (χ2v) is 9.16. The average Bonchev–Trinajstić information content (AvgIpc) is 3.27. The number of hydrogen-bond acceptors (Lipinski definition) is 4. The van der Waals surface area contributed by atoms with Crippen LogP contribution in [0.1, 0.15) is 51.6 Å². The molecule has 31 heavy (non-hydrogen) atoms. The van der Waals surface area contributed by atoms with E-state index < -0.39 is 0 Å². The highest BCUT2D eigenvalue weighted by Crippen LogP contribution is 2.25. The summed E-state index contributed by atoms with van der Waals surface area (Å²) in [5.41, 5.74) is 1.35. The van der Waals surface area contributed by atoms with Crippen LogP contribution in [0.3, 0.4) is 0 Å². The third kappa shape index (κ3) is 6.67. The third-order valence-corrected chi connectivity index (χ3v) is 7.07. The van der Waals surface area contributed by atoms with E-state index in [1.165, 1.54) is 18.5 Å². The molecule has 3 rings (SSSR count). The second kappa shape index (κ2) is 11.8. The predicted molar refractivity (Wildman–Crippen MR) is 130 cm³/mol. The molecular formula is C25H43N5O. The van der Waals surface area contributed by atoms with Gasteiger partial charge in [-0.15, -0.1) is 0 Å². The van der Waals surface area contributed by atoms with E-state index in [4.69, 9.17) is 4.74 Å². The molecular weight excluding hydrogens is 386 g/mol. The third-order valence-electron chi connectivity index (χ3n) is 7.07. The Balaban J connectivity index is 1.59. The maximum atomic E-state index is 5.70. The highest BCUT2D eigenvalue weighted by atomic mass is 16.5. The van der Waals surface area contributed by atoms with Crippen molar-refractivity contribution in [3.05, 3.63) is 35.9 Å². The van der Waals surface area contributed by atoms with Crippen molar-refractivity contribution >= 4 is 5.96 Å². The zero-order chi connectivity index (χ0) is 22.1. The summed E-state index contributed by atoms with van der Waals surface area (Å²) in [6, 6.07) is 11.0. The van der Waals surface area contributed by atoms with Crippen LogP contribution in [-0.4, -0.2) is 80.8 Å². The lowest BCUT2D eigenvalue weighted by Gasteiger charge is -2.41. The molecule has 2 heterocycles. The van der Waals surface area contributed by atoms with Gasteiger partial charge in [-0.3, -0.25) is 4.99 Å². The molecule has 1 aromatic rings.